The zero-order valence-corrected chi connectivity index (χ0v) is 17.5. The maximum Gasteiger partial charge on any atom is 0.301 e. The summed E-state index contributed by atoms with van der Waals surface area (Å²) in [7, 11) is 1.53. The Bertz CT molecular complexity index is 1170. The lowest BCUT2D eigenvalue weighted by molar-refractivity contribution is -0.132. The lowest BCUT2D eigenvalue weighted by Crippen LogP contribution is -2.29. The van der Waals surface area contributed by atoms with Crippen LogP contribution in [0.25, 0.3) is 5.76 Å². The quantitative estimate of drug-likeness (QED) is 0.369. The molecule has 1 atom stereocenters. The van der Waals surface area contributed by atoms with Gasteiger partial charge in [-0.1, -0.05) is 30.4 Å². The summed E-state index contributed by atoms with van der Waals surface area (Å²) in [6, 6.07) is 10.9. The van der Waals surface area contributed by atoms with Gasteiger partial charge in [-0.25, -0.2) is 4.39 Å². The van der Waals surface area contributed by atoms with Gasteiger partial charge in [0, 0.05) is 5.56 Å². The van der Waals surface area contributed by atoms with Crippen molar-refractivity contribution in [3.05, 3.63) is 76.1 Å². The molecule has 7 nitrogen and oxygen atoms in total. The number of rotatable bonds is 5. The average molecular weight is 439 g/mol. The summed E-state index contributed by atoms with van der Waals surface area (Å²) in [5, 5.41) is 20.1. The number of aromatic nitrogens is 2. The Balaban J connectivity index is 1.91. The molecule has 1 aliphatic heterocycles. The van der Waals surface area contributed by atoms with Crippen LogP contribution < -0.4 is 9.64 Å². The van der Waals surface area contributed by atoms with E-state index in [4.69, 9.17) is 4.74 Å². The Hall–Kier alpha value is -3.59. The van der Waals surface area contributed by atoms with Gasteiger partial charge in [-0.3, -0.25) is 14.5 Å². The number of halogens is 1. The first-order valence-corrected chi connectivity index (χ1v) is 10.3. The van der Waals surface area contributed by atoms with Crippen molar-refractivity contribution in [1.82, 2.24) is 10.2 Å². The van der Waals surface area contributed by atoms with E-state index in [-0.39, 0.29) is 22.0 Å². The normalized spacial score (nSPS) is 17.9. The van der Waals surface area contributed by atoms with Gasteiger partial charge < -0.3 is 9.84 Å². The molecular formula is C22H18FN3O4S. The predicted molar refractivity (Wildman–Crippen MR) is 113 cm³/mol. The largest absolute Gasteiger partial charge is 0.507 e. The molecule has 1 N–H and O–H groups in total. The monoisotopic (exact) mass is 439 g/mol. The number of aryl methyl sites for hydroxylation is 1. The molecule has 2 heterocycles. The van der Waals surface area contributed by atoms with Crippen LogP contribution in [0.1, 0.15) is 29.1 Å². The molecule has 1 aromatic heterocycles. The van der Waals surface area contributed by atoms with Crippen molar-refractivity contribution in [3.8, 4) is 5.75 Å². The van der Waals surface area contributed by atoms with Gasteiger partial charge in [0.05, 0.1) is 18.7 Å². The van der Waals surface area contributed by atoms with Crippen LogP contribution in [0.15, 0.2) is 54.1 Å². The standard InChI is InChI=1S/C22H18FN3O4S/c1-3-16-24-25-22(31-16)26-18(12-6-10-15(30-2)11-7-12)17(20(28)21(26)29)19(27)13-4-8-14(23)9-5-13/h4-11,18,27H,3H2,1-2H3/b19-17+. The van der Waals surface area contributed by atoms with Crippen LogP contribution >= 0.6 is 11.3 Å². The highest BCUT2D eigenvalue weighted by atomic mass is 32.1. The number of anilines is 1. The van der Waals surface area contributed by atoms with Gasteiger partial charge in [0.25, 0.3) is 5.78 Å². The molecule has 1 fully saturated rings. The Kier molecular flexibility index (Phi) is 5.51. The van der Waals surface area contributed by atoms with E-state index < -0.39 is 23.5 Å². The van der Waals surface area contributed by atoms with Gasteiger partial charge in [0.2, 0.25) is 5.13 Å². The molecule has 31 heavy (non-hydrogen) atoms. The summed E-state index contributed by atoms with van der Waals surface area (Å²) in [6.07, 6.45) is 0.629. The minimum absolute atomic E-state index is 0.102. The maximum atomic E-state index is 13.3. The van der Waals surface area contributed by atoms with Crippen molar-refractivity contribution in [2.75, 3.05) is 12.0 Å². The molecule has 0 aliphatic carbocycles. The second-order valence-electron chi connectivity index (χ2n) is 6.78. The third-order valence-electron chi connectivity index (χ3n) is 4.96. The van der Waals surface area contributed by atoms with Crippen molar-refractivity contribution in [3.63, 3.8) is 0 Å². The molecule has 1 saturated heterocycles. The molecule has 0 spiro atoms. The highest BCUT2D eigenvalue weighted by Crippen LogP contribution is 2.43. The van der Waals surface area contributed by atoms with Crippen LogP contribution in [-0.2, 0) is 16.0 Å². The second-order valence-corrected chi connectivity index (χ2v) is 7.82. The van der Waals surface area contributed by atoms with Crippen LogP contribution in [0, 0.1) is 5.82 Å². The minimum atomic E-state index is -0.923. The number of methoxy groups -OCH3 is 1. The SMILES string of the molecule is CCc1nnc(N2C(=O)C(=O)/C(=C(/O)c3ccc(F)cc3)C2c2ccc(OC)cc2)s1. The molecule has 1 unspecified atom stereocenters. The summed E-state index contributed by atoms with van der Waals surface area (Å²) in [5.41, 5.74) is 0.705. The highest BCUT2D eigenvalue weighted by Gasteiger charge is 2.48. The minimum Gasteiger partial charge on any atom is -0.507 e. The molecule has 1 aliphatic rings. The van der Waals surface area contributed by atoms with E-state index in [1.807, 2.05) is 6.92 Å². The van der Waals surface area contributed by atoms with Gasteiger partial charge >= 0.3 is 5.91 Å². The average Bonchev–Trinajstić information content (AvgIpc) is 3.36. The highest BCUT2D eigenvalue weighted by molar-refractivity contribution is 7.15. The molecule has 4 rings (SSSR count). The number of aliphatic hydroxyl groups excluding tert-OH is 1. The van der Waals surface area contributed by atoms with Gasteiger partial charge in [0.15, 0.2) is 0 Å². The molecular weight excluding hydrogens is 421 g/mol. The maximum absolute atomic E-state index is 13.3. The Morgan fingerprint density at radius 2 is 1.81 bits per heavy atom. The third kappa shape index (κ3) is 3.68. The lowest BCUT2D eigenvalue weighted by Gasteiger charge is -2.22. The first-order valence-electron chi connectivity index (χ1n) is 9.47. The van der Waals surface area contributed by atoms with Gasteiger partial charge in [-0.2, -0.15) is 0 Å². The van der Waals surface area contributed by atoms with Crippen molar-refractivity contribution < 1.29 is 23.8 Å². The van der Waals surface area contributed by atoms with Crippen molar-refractivity contribution in [2.45, 2.75) is 19.4 Å². The number of carbonyl (C=O) groups excluding carboxylic acids is 2. The van der Waals surface area contributed by atoms with E-state index in [0.29, 0.717) is 22.7 Å². The molecule has 2 aromatic carbocycles. The number of Topliss-reactive ketones (excluding diaryl/α,β-unsaturated/α-hetero) is 1. The fourth-order valence-corrected chi connectivity index (χ4v) is 4.18. The van der Waals surface area contributed by atoms with Crippen LogP contribution in [-0.4, -0.2) is 34.1 Å². The molecule has 3 aromatic rings. The van der Waals surface area contributed by atoms with Crippen LogP contribution in [0.5, 0.6) is 5.75 Å². The number of aliphatic hydroxyl groups is 1. The van der Waals surface area contributed by atoms with Gasteiger partial charge in [-0.15, -0.1) is 10.2 Å². The molecule has 0 saturated carbocycles. The number of benzene rings is 2. The fourth-order valence-electron chi connectivity index (χ4n) is 3.38. The smallest absolute Gasteiger partial charge is 0.301 e. The van der Waals surface area contributed by atoms with Gasteiger partial charge in [-0.05, 0) is 48.4 Å². The molecule has 0 radical (unpaired) electrons. The van der Waals surface area contributed by atoms with E-state index in [1.54, 1.807) is 24.3 Å². The summed E-state index contributed by atoms with van der Waals surface area (Å²) in [4.78, 5) is 27.2. The first-order chi connectivity index (χ1) is 14.9. The van der Waals surface area contributed by atoms with Crippen molar-refractivity contribution in [2.24, 2.45) is 0 Å². The molecule has 158 valence electrons. The van der Waals surface area contributed by atoms with E-state index in [9.17, 15) is 19.1 Å². The van der Waals surface area contributed by atoms with Crippen LogP contribution in [0.2, 0.25) is 0 Å². The Morgan fingerprint density at radius 3 is 2.39 bits per heavy atom. The first kappa shape index (κ1) is 20.7. The Labute approximate surface area is 181 Å². The van der Waals surface area contributed by atoms with Crippen molar-refractivity contribution >= 4 is 33.9 Å². The second kappa shape index (κ2) is 8.27. The van der Waals surface area contributed by atoms with E-state index in [2.05, 4.69) is 10.2 Å². The molecule has 1 amide bonds. The number of carbonyl (C=O) groups is 2. The topological polar surface area (TPSA) is 92.6 Å². The van der Waals surface area contributed by atoms with E-state index in [0.717, 1.165) is 0 Å². The van der Waals surface area contributed by atoms with Crippen LogP contribution in [0.3, 0.4) is 0 Å². The fraction of sp³-hybridized carbons (Fsp3) is 0.182. The summed E-state index contributed by atoms with van der Waals surface area (Å²) >= 11 is 1.21. The number of ketones is 1. The summed E-state index contributed by atoms with van der Waals surface area (Å²) in [5.74, 6) is -1.94. The van der Waals surface area contributed by atoms with Crippen LogP contribution in [0.4, 0.5) is 9.52 Å². The molecule has 9 heteroatoms. The zero-order chi connectivity index (χ0) is 22.1. The summed E-state index contributed by atoms with van der Waals surface area (Å²) in [6.45, 7) is 1.91. The van der Waals surface area contributed by atoms with E-state index in [1.165, 1.54) is 47.6 Å². The molecule has 0 bridgehead atoms. The number of hydrogen-bond acceptors (Lipinski definition) is 7. The zero-order valence-electron chi connectivity index (χ0n) is 16.7. The van der Waals surface area contributed by atoms with E-state index >= 15 is 0 Å². The number of hydrogen-bond donors (Lipinski definition) is 1. The predicted octanol–water partition coefficient (Wildman–Crippen LogP) is 3.87. The number of nitrogens with zero attached hydrogens (tertiary/aromatic N) is 3. The Morgan fingerprint density at radius 1 is 1.13 bits per heavy atom. The third-order valence-corrected chi connectivity index (χ3v) is 6.03. The number of ether oxygens (including phenoxy) is 1. The lowest BCUT2D eigenvalue weighted by atomic mass is 9.95. The van der Waals surface area contributed by atoms with Crippen molar-refractivity contribution in [1.29, 1.82) is 0 Å². The summed E-state index contributed by atoms with van der Waals surface area (Å²) < 4.78 is 18.5. The van der Waals surface area contributed by atoms with Gasteiger partial charge in [0.1, 0.15) is 22.3 Å². The number of amides is 1.